The second-order valence-electron chi connectivity index (χ2n) is 10.8. The summed E-state index contributed by atoms with van der Waals surface area (Å²) < 4.78 is 10.7. The summed E-state index contributed by atoms with van der Waals surface area (Å²) in [6.07, 6.45) is 4.75. The minimum Gasteiger partial charge on any atom is -0.478 e. The first-order valence-electron chi connectivity index (χ1n) is 15.1. The molecule has 47 heavy (non-hydrogen) atoms. The molecule has 2 aliphatic rings. The molecule has 4 rings (SSSR count). The normalized spacial score (nSPS) is 17.0. The molecule has 1 fully saturated rings. The van der Waals surface area contributed by atoms with E-state index in [1.807, 2.05) is 18.2 Å². The number of aliphatic carboxylic acids is 2. The number of hydrogen-bond donors (Lipinski definition) is 3. The van der Waals surface area contributed by atoms with Gasteiger partial charge in [-0.1, -0.05) is 42.5 Å². The van der Waals surface area contributed by atoms with Crippen LogP contribution in [0.1, 0.15) is 50.2 Å². The summed E-state index contributed by atoms with van der Waals surface area (Å²) in [4.78, 5) is 59.5. The molecule has 0 spiro atoms. The van der Waals surface area contributed by atoms with Crippen LogP contribution in [0, 0.1) is 10.1 Å². The third-order valence-corrected chi connectivity index (χ3v) is 7.74. The lowest BCUT2D eigenvalue weighted by Gasteiger charge is -2.38. The third kappa shape index (κ3) is 9.84. The monoisotopic (exact) mass is 649 g/mol. The van der Waals surface area contributed by atoms with E-state index in [9.17, 15) is 29.3 Å². The van der Waals surface area contributed by atoms with Crippen molar-refractivity contribution in [3.63, 3.8) is 0 Å². The maximum Gasteiger partial charge on any atom is 0.336 e. The lowest BCUT2D eigenvalue weighted by atomic mass is 9.78. The topological polar surface area (TPSA) is 186 Å². The minimum atomic E-state index is -1.26. The molecule has 0 aliphatic carbocycles. The maximum absolute atomic E-state index is 13.7. The number of nitro groups is 1. The van der Waals surface area contributed by atoms with Gasteiger partial charge in [0.2, 0.25) is 0 Å². The number of esters is 2. The van der Waals surface area contributed by atoms with Crippen LogP contribution in [0.15, 0.2) is 89.3 Å². The number of aryl methyl sites for hydroxylation is 1. The van der Waals surface area contributed by atoms with Crippen LogP contribution < -0.4 is 5.32 Å². The number of ether oxygens (including phenoxy) is 2. The molecule has 250 valence electrons. The number of rotatable bonds is 12. The summed E-state index contributed by atoms with van der Waals surface area (Å²) >= 11 is 0. The van der Waals surface area contributed by atoms with E-state index in [-0.39, 0.29) is 29.5 Å². The van der Waals surface area contributed by atoms with Gasteiger partial charge in [0, 0.05) is 35.7 Å². The summed E-state index contributed by atoms with van der Waals surface area (Å²) in [5.41, 5.74) is 3.25. The van der Waals surface area contributed by atoms with Crippen LogP contribution in [0.4, 0.5) is 5.69 Å². The fraction of sp³-hybridized carbons (Fsp3) is 0.353. The molecule has 0 radical (unpaired) electrons. The third-order valence-electron chi connectivity index (χ3n) is 7.74. The molecule has 2 aliphatic heterocycles. The fourth-order valence-corrected chi connectivity index (χ4v) is 5.74. The molecule has 2 aromatic carbocycles. The average Bonchev–Trinajstić information content (AvgIpc) is 3.59. The van der Waals surface area contributed by atoms with Crippen LogP contribution in [0.25, 0.3) is 0 Å². The minimum absolute atomic E-state index is 0.127. The van der Waals surface area contributed by atoms with E-state index in [0.717, 1.165) is 38.8 Å². The van der Waals surface area contributed by atoms with Crippen molar-refractivity contribution >= 4 is 29.6 Å². The largest absolute Gasteiger partial charge is 0.478 e. The van der Waals surface area contributed by atoms with E-state index in [1.165, 1.54) is 24.8 Å². The molecular weight excluding hydrogens is 610 g/mol. The lowest BCUT2D eigenvalue weighted by molar-refractivity contribution is -0.384. The Hall–Kier alpha value is -5.30. The Morgan fingerprint density at radius 3 is 2.19 bits per heavy atom. The van der Waals surface area contributed by atoms with Crippen molar-refractivity contribution in [3.05, 3.63) is 111 Å². The van der Waals surface area contributed by atoms with Crippen molar-refractivity contribution < 1.29 is 43.8 Å². The van der Waals surface area contributed by atoms with Crippen molar-refractivity contribution in [2.45, 2.75) is 51.5 Å². The standard InChI is InChI=1S/C30H35N3O6.C4H4O4/c1-4-39-30(35)27-26(22-13-10-14-23(19-22)33(36)37)25(29(34)38-3)20(2)31-28(27)24(32-17-8-9-18-32)16-15-21-11-6-5-7-12-21;5-3(6)1-2-4(7)8/h5-7,10-14,19,24,26,31H,4,8-9,15-18H2,1-3H3;1-2H,(H,5,6)(H,7,8)/b;2-1+. The van der Waals surface area contributed by atoms with Crippen molar-refractivity contribution in [2.24, 2.45) is 0 Å². The Kier molecular flexibility index (Phi) is 13.4. The number of carbonyl (C=O) groups excluding carboxylic acids is 2. The zero-order valence-electron chi connectivity index (χ0n) is 26.5. The zero-order chi connectivity index (χ0) is 34.5. The predicted octanol–water partition coefficient (Wildman–Crippen LogP) is 4.35. The molecule has 1 saturated heterocycles. The number of allylic oxidation sites excluding steroid dienone is 1. The number of dihydropyridines is 1. The predicted molar refractivity (Wildman–Crippen MR) is 171 cm³/mol. The molecule has 2 aromatic rings. The van der Waals surface area contributed by atoms with E-state index < -0.39 is 34.7 Å². The lowest BCUT2D eigenvalue weighted by Crippen LogP contribution is -2.44. The molecular formula is C34H39N3O10. The summed E-state index contributed by atoms with van der Waals surface area (Å²) in [5.74, 6) is -4.58. The van der Waals surface area contributed by atoms with Gasteiger partial charge in [0.25, 0.3) is 5.69 Å². The Morgan fingerprint density at radius 2 is 1.64 bits per heavy atom. The van der Waals surface area contributed by atoms with Crippen LogP contribution in [-0.4, -0.2) is 76.8 Å². The molecule has 0 bridgehead atoms. The summed E-state index contributed by atoms with van der Waals surface area (Å²) in [6, 6.07) is 16.1. The number of carboxylic acid groups (broad SMARTS) is 2. The van der Waals surface area contributed by atoms with E-state index in [1.54, 1.807) is 26.0 Å². The number of carbonyl (C=O) groups is 4. The molecule has 0 amide bonds. The van der Waals surface area contributed by atoms with Crippen LogP contribution in [0.3, 0.4) is 0 Å². The summed E-state index contributed by atoms with van der Waals surface area (Å²) in [7, 11) is 1.28. The van der Waals surface area contributed by atoms with Gasteiger partial charge in [-0.2, -0.15) is 0 Å². The van der Waals surface area contributed by atoms with Crippen molar-refractivity contribution in [2.75, 3.05) is 26.8 Å². The molecule has 2 atom stereocenters. The molecule has 13 heteroatoms. The van der Waals surface area contributed by atoms with Crippen molar-refractivity contribution in [1.29, 1.82) is 0 Å². The van der Waals surface area contributed by atoms with Crippen LogP contribution >= 0.6 is 0 Å². The maximum atomic E-state index is 13.7. The SMILES string of the molecule is CCOC(=O)C1=C(C(CCc2ccccc2)N2CCCC2)NC(C)=C(C(=O)OC)C1c1cccc([N+](=O)[O-])c1.O=C(O)/C=C/C(=O)O. The highest BCUT2D eigenvalue weighted by molar-refractivity contribution is 6.00. The summed E-state index contributed by atoms with van der Waals surface area (Å²) in [6.45, 7) is 5.42. The number of nitrogens with zero attached hydrogens (tertiary/aromatic N) is 2. The Labute approximate surface area is 272 Å². The van der Waals surface area contributed by atoms with Crippen LogP contribution in [0.2, 0.25) is 0 Å². The van der Waals surface area contributed by atoms with E-state index in [2.05, 4.69) is 22.3 Å². The first-order valence-corrected chi connectivity index (χ1v) is 15.1. The number of benzene rings is 2. The highest BCUT2D eigenvalue weighted by Crippen LogP contribution is 2.42. The number of non-ortho nitro benzene ring substituents is 1. The van der Waals surface area contributed by atoms with E-state index >= 15 is 0 Å². The number of nitrogens with one attached hydrogen (secondary N) is 1. The molecule has 0 aromatic heterocycles. The number of likely N-dealkylation sites (tertiary alicyclic amines) is 1. The first-order chi connectivity index (χ1) is 22.5. The molecule has 2 heterocycles. The van der Waals surface area contributed by atoms with Gasteiger partial charge in [0.05, 0.1) is 41.7 Å². The zero-order valence-corrected chi connectivity index (χ0v) is 26.5. The molecule has 0 saturated carbocycles. The van der Waals surface area contributed by atoms with Crippen molar-refractivity contribution in [1.82, 2.24) is 10.2 Å². The van der Waals surface area contributed by atoms with Gasteiger partial charge in [-0.3, -0.25) is 15.0 Å². The Morgan fingerprint density at radius 1 is 1.00 bits per heavy atom. The fourth-order valence-electron chi connectivity index (χ4n) is 5.74. The summed E-state index contributed by atoms with van der Waals surface area (Å²) in [5, 5.41) is 30.7. The highest BCUT2D eigenvalue weighted by atomic mass is 16.6. The highest BCUT2D eigenvalue weighted by Gasteiger charge is 2.42. The van der Waals surface area contributed by atoms with Gasteiger partial charge in [-0.15, -0.1) is 0 Å². The second kappa shape index (κ2) is 17.4. The van der Waals surface area contributed by atoms with E-state index in [4.69, 9.17) is 19.7 Å². The number of nitro benzene ring substituents is 1. The molecule has 2 unspecified atom stereocenters. The van der Waals surface area contributed by atoms with Crippen molar-refractivity contribution in [3.8, 4) is 0 Å². The van der Waals surface area contributed by atoms with Gasteiger partial charge in [0.1, 0.15) is 0 Å². The number of hydrogen-bond acceptors (Lipinski definition) is 10. The average molecular weight is 650 g/mol. The smallest absolute Gasteiger partial charge is 0.336 e. The number of methoxy groups -OCH3 is 1. The quantitative estimate of drug-likeness (QED) is 0.128. The van der Waals surface area contributed by atoms with Gasteiger partial charge in [-0.05, 0) is 63.7 Å². The van der Waals surface area contributed by atoms with Gasteiger partial charge in [0.15, 0.2) is 0 Å². The second-order valence-corrected chi connectivity index (χ2v) is 10.8. The molecule has 13 nitrogen and oxygen atoms in total. The number of carboxylic acids is 2. The van der Waals surface area contributed by atoms with Crippen LogP contribution in [-0.2, 0) is 35.1 Å². The molecule has 3 N–H and O–H groups in total. The van der Waals surface area contributed by atoms with Crippen LogP contribution in [0.5, 0.6) is 0 Å². The Bertz CT molecular complexity index is 1540. The van der Waals surface area contributed by atoms with Gasteiger partial charge >= 0.3 is 23.9 Å². The van der Waals surface area contributed by atoms with Gasteiger partial charge in [-0.25, -0.2) is 19.2 Å². The van der Waals surface area contributed by atoms with Gasteiger partial charge < -0.3 is 25.0 Å². The first kappa shape index (κ1) is 36.2. The Balaban J connectivity index is 0.000000665. The van der Waals surface area contributed by atoms with E-state index in [0.29, 0.717) is 29.1 Å².